The topological polar surface area (TPSA) is 105 Å². The second-order valence-electron chi connectivity index (χ2n) is 2.88. The monoisotopic (exact) mass is 204 g/mol. The summed E-state index contributed by atoms with van der Waals surface area (Å²) in [5.74, 6) is -1.16. The Kier molecular flexibility index (Phi) is 2.09. The first-order valence-electron chi connectivity index (χ1n) is 4.18. The molecule has 0 unspecified atom stereocenters. The SMILES string of the molecule is Nc1n[nH]c(-c2ccccn2)c1C(=O)O. The van der Waals surface area contributed by atoms with E-state index >= 15 is 0 Å². The van der Waals surface area contributed by atoms with Gasteiger partial charge in [0, 0.05) is 6.20 Å². The summed E-state index contributed by atoms with van der Waals surface area (Å²) >= 11 is 0. The van der Waals surface area contributed by atoms with Crippen molar-refractivity contribution >= 4 is 11.8 Å². The summed E-state index contributed by atoms with van der Waals surface area (Å²) in [7, 11) is 0. The molecule has 0 radical (unpaired) electrons. The maximum Gasteiger partial charge on any atom is 0.341 e. The predicted octanol–water partition coefficient (Wildman–Crippen LogP) is 0.752. The van der Waals surface area contributed by atoms with Crippen molar-refractivity contribution in [1.82, 2.24) is 15.2 Å². The number of nitrogen functional groups attached to an aromatic ring is 1. The van der Waals surface area contributed by atoms with Gasteiger partial charge >= 0.3 is 5.97 Å². The van der Waals surface area contributed by atoms with Gasteiger partial charge in [-0.2, -0.15) is 5.10 Å². The number of nitrogens with zero attached hydrogens (tertiary/aromatic N) is 2. The lowest BCUT2D eigenvalue weighted by Crippen LogP contribution is -2.01. The van der Waals surface area contributed by atoms with Crippen LogP contribution < -0.4 is 5.73 Å². The van der Waals surface area contributed by atoms with E-state index < -0.39 is 5.97 Å². The summed E-state index contributed by atoms with van der Waals surface area (Å²) in [6.45, 7) is 0. The number of carboxylic acids is 1. The molecule has 15 heavy (non-hydrogen) atoms. The van der Waals surface area contributed by atoms with Crippen molar-refractivity contribution in [3.8, 4) is 11.4 Å². The summed E-state index contributed by atoms with van der Waals surface area (Å²) in [5, 5.41) is 15.1. The fraction of sp³-hybridized carbons (Fsp3) is 0. The summed E-state index contributed by atoms with van der Waals surface area (Å²) in [5.41, 5.74) is 6.20. The van der Waals surface area contributed by atoms with Gasteiger partial charge in [0.2, 0.25) is 0 Å². The molecular weight excluding hydrogens is 196 g/mol. The number of carboxylic acid groups (broad SMARTS) is 1. The first-order chi connectivity index (χ1) is 7.20. The fourth-order valence-electron chi connectivity index (χ4n) is 1.27. The number of nitrogens with two attached hydrogens (primary N) is 1. The molecule has 0 aliphatic carbocycles. The lowest BCUT2D eigenvalue weighted by Gasteiger charge is -1.97. The van der Waals surface area contributed by atoms with E-state index in [1.165, 1.54) is 0 Å². The molecule has 0 fully saturated rings. The molecule has 4 N–H and O–H groups in total. The predicted molar refractivity (Wildman–Crippen MR) is 53.2 cm³/mol. The van der Waals surface area contributed by atoms with Crippen LogP contribution in [0, 0.1) is 0 Å². The van der Waals surface area contributed by atoms with Gasteiger partial charge in [0.05, 0.1) is 5.69 Å². The Hall–Kier alpha value is -2.37. The van der Waals surface area contributed by atoms with Crippen molar-refractivity contribution in [3.05, 3.63) is 30.0 Å². The van der Waals surface area contributed by atoms with Gasteiger partial charge in [-0.15, -0.1) is 0 Å². The molecule has 0 aliphatic rings. The van der Waals surface area contributed by atoms with Crippen LogP contribution in [0.1, 0.15) is 10.4 Å². The standard InChI is InChI=1S/C9H8N4O2/c10-8-6(9(14)15)7(12-13-8)5-3-1-2-4-11-5/h1-4H,(H,14,15)(H3,10,12,13). The second kappa shape index (κ2) is 3.41. The van der Waals surface area contributed by atoms with Crippen LogP contribution in [0.3, 0.4) is 0 Å². The number of hydrogen-bond donors (Lipinski definition) is 3. The van der Waals surface area contributed by atoms with Gasteiger partial charge in [0.1, 0.15) is 11.3 Å². The summed E-state index contributed by atoms with van der Waals surface area (Å²) in [6, 6.07) is 5.17. The van der Waals surface area contributed by atoms with E-state index in [0.29, 0.717) is 11.4 Å². The van der Waals surface area contributed by atoms with Crippen molar-refractivity contribution < 1.29 is 9.90 Å². The lowest BCUT2D eigenvalue weighted by atomic mass is 10.1. The number of pyridine rings is 1. The molecule has 0 atom stereocenters. The van der Waals surface area contributed by atoms with Gasteiger partial charge in [-0.1, -0.05) is 6.07 Å². The molecule has 2 aromatic rings. The number of carbonyl (C=O) groups is 1. The second-order valence-corrected chi connectivity index (χ2v) is 2.88. The number of aromatic nitrogens is 3. The zero-order chi connectivity index (χ0) is 10.8. The van der Waals surface area contributed by atoms with Crippen LogP contribution in [0.4, 0.5) is 5.82 Å². The van der Waals surface area contributed by atoms with Gasteiger partial charge in [0.25, 0.3) is 0 Å². The number of nitrogens with one attached hydrogen (secondary N) is 1. The molecule has 6 nitrogen and oxygen atoms in total. The highest BCUT2D eigenvalue weighted by Crippen LogP contribution is 2.22. The number of rotatable bonds is 2. The Balaban J connectivity index is 2.59. The summed E-state index contributed by atoms with van der Waals surface area (Å²) < 4.78 is 0. The van der Waals surface area contributed by atoms with E-state index in [2.05, 4.69) is 15.2 Å². The molecule has 76 valence electrons. The van der Waals surface area contributed by atoms with Crippen LogP contribution in [0.5, 0.6) is 0 Å². The van der Waals surface area contributed by atoms with E-state index in [1.807, 2.05) is 0 Å². The number of anilines is 1. The third kappa shape index (κ3) is 1.52. The van der Waals surface area contributed by atoms with E-state index in [4.69, 9.17) is 10.8 Å². The van der Waals surface area contributed by atoms with E-state index in [-0.39, 0.29) is 11.4 Å². The highest BCUT2D eigenvalue weighted by Gasteiger charge is 2.19. The van der Waals surface area contributed by atoms with Crippen LogP contribution in [-0.2, 0) is 0 Å². The van der Waals surface area contributed by atoms with Crippen LogP contribution in [0.2, 0.25) is 0 Å². The van der Waals surface area contributed by atoms with Gasteiger partial charge < -0.3 is 10.8 Å². The molecule has 0 aliphatic heterocycles. The molecule has 2 heterocycles. The van der Waals surface area contributed by atoms with Gasteiger partial charge in [-0.25, -0.2) is 4.79 Å². The molecule has 2 rings (SSSR count). The molecule has 0 amide bonds. The van der Waals surface area contributed by atoms with Crippen molar-refractivity contribution in [2.24, 2.45) is 0 Å². The lowest BCUT2D eigenvalue weighted by molar-refractivity contribution is 0.0699. The molecule has 2 aromatic heterocycles. The van der Waals surface area contributed by atoms with Crippen molar-refractivity contribution in [2.75, 3.05) is 5.73 Å². The van der Waals surface area contributed by atoms with Crippen LogP contribution >= 0.6 is 0 Å². The minimum absolute atomic E-state index is 0.0387. The van der Waals surface area contributed by atoms with Crippen molar-refractivity contribution in [1.29, 1.82) is 0 Å². The summed E-state index contributed by atoms with van der Waals surface area (Å²) in [6.07, 6.45) is 1.57. The van der Waals surface area contributed by atoms with Gasteiger partial charge in [0.15, 0.2) is 5.82 Å². The molecule has 0 saturated heterocycles. The first-order valence-corrected chi connectivity index (χ1v) is 4.18. The molecule has 6 heteroatoms. The zero-order valence-corrected chi connectivity index (χ0v) is 7.64. The normalized spacial score (nSPS) is 10.1. The third-order valence-corrected chi connectivity index (χ3v) is 1.93. The summed E-state index contributed by atoms with van der Waals surface area (Å²) in [4.78, 5) is 14.9. The highest BCUT2D eigenvalue weighted by molar-refractivity contribution is 5.99. The average molecular weight is 204 g/mol. The first kappa shape index (κ1) is 9.20. The van der Waals surface area contributed by atoms with Crippen LogP contribution in [-0.4, -0.2) is 26.3 Å². The van der Waals surface area contributed by atoms with Gasteiger partial charge in [-0.3, -0.25) is 10.1 Å². The van der Waals surface area contributed by atoms with Gasteiger partial charge in [-0.05, 0) is 12.1 Å². The smallest absolute Gasteiger partial charge is 0.341 e. The van der Waals surface area contributed by atoms with Crippen LogP contribution in [0.15, 0.2) is 24.4 Å². The number of aromatic carboxylic acids is 1. The molecule has 0 aromatic carbocycles. The maximum absolute atomic E-state index is 10.9. The zero-order valence-electron chi connectivity index (χ0n) is 7.64. The van der Waals surface area contributed by atoms with Crippen LogP contribution in [0.25, 0.3) is 11.4 Å². The average Bonchev–Trinajstić information content (AvgIpc) is 2.61. The highest BCUT2D eigenvalue weighted by atomic mass is 16.4. The minimum Gasteiger partial charge on any atom is -0.477 e. The molecular formula is C9H8N4O2. The Labute approximate surface area is 84.8 Å². The number of hydrogen-bond acceptors (Lipinski definition) is 4. The Morgan fingerprint density at radius 3 is 2.87 bits per heavy atom. The molecule has 0 spiro atoms. The number of H-pyrrole nitrogens is 1. The Morgan fingerprint density at radius 2 is 2.27 bits per heavy atom. The Morgan fingerprint density at radius 1 is 1.47 bits per heavy atom. The maximum atomic E-state index is 10.9. The van der Waals surface area contributed by atoms with Crippen molar-refractivity contribution in [2.45, 2.75) is 0 Å². The van der Waals surface area contributed by atoms with E-state index in [9.17, 15) is 4.79 Å². The third-order valence-electron chi connectivity index (χ3n) is 1.93. The molecule has 0 bridgehead atoms. The molecule has 0 saturated carbocycles. The quantitative estimate of drug-likeness (QED) is 0.669. The Bertz CT molecular complexity index is 492. The van der Waals surface area contributed by atoms with E-state index in [1.54, 1.807) is 24.4 Å². The fourth-order valence-corrected chi connectivity index (χ4v) is 1.27. The minimum atomic E-state index is -1.12. The number of aromatic amines is 1. The largest absolute Gasteiger partial charge is 0.477 e. The van der Waals surface area contributed by atoms with E-state index in [0.717, 1.165) is 0 Å². The van der Waals surface area contributed by atoms with Crippen molar-refractivity contribution in [3.63, 3.8) is 0 Å².